The number of carboxylic acid groups (broad SMARTS) is 4. The molecule has 0 amide bonds. The van der Waals surface area contributed by atoms with Crippen molar-refractivity contribution >= 4 is 58.7 Å². The molecule has 8 aromatic rings. The van der Waals surface area contributed by atoms with Crippen molar-refractivity contribution in [3.8, 4) is 0 Å². The number of carboxylic acids is 4. The lowest BCUT2D eigenvalue weighted by molar-refractivity contribution is -0.137. The van der Waals surface area contributed by atoms with Gasteiger partial charge in [0, 0.05) is 34.1 Å². The predicted molar refractivity (Wildman–Crippen MR) is 287 cm³/mol. The maximum atomic E-state index is 12.6. The first-order chi connectivity index (χ1) is 35.6. The van der Waals surface area contributed by atoms with E-state index in [4.69, 9.17) is 50.1 Å². The van der Waals surface area contributed by atoms with Crippen molar-refractivity contribution in [2.75, 3.05) is 0 Å². The Hall–Kier alpha value is -7.77. The fraction of sp³-hybridized carbons (Fsp3) is 0.150. The Balaban J connectivity index is 0.000000185. The summed E-state index contributed by atoms with van der Waals surface area (Å²) in [5.41, 5.74) is 10.6. The monoisotopic (exact) mass is 1080 g/mol. The number of aromatic carboxylic acids is 4. The lowest BCUT2D eigenvalue weighted by Crippen LogP contribution is -2.07. The van der Waals surface area contributed by atoms with Gasteiger partial charge in [0.15, 0.2) is 0 Å². The summed E-state index contributed by atoms with van der Waals surface area (Å²) in [4.78, 5) is 48.4. The second-order valence-electron chi connectivity index (χ2n) is 17.1. The van der Waals surface area contributed by atoms with Crippen LogP contribution in [0.5, 0.6) is 0 Å². The summed E-state index contributed by atoms with van der Waals surface area (Å²) in [5.74, 6) is -3.86. The molecular formula is C60H51Cl3F3NO8. The molecule has 1 aromatic heterocycles. The highest BCUT2D eigenvalue weighted by atomic mass is 35.5. The first kappa shape index (κ1) is 58.1. The summed E-state index contributed by atoms with van der Waals surface area (Å²) in [5, 5.41) is 38.3. The minimum absolute atomic E-state index is 0.00934. The SMILES string of the molecule is Cc1c(Cl)cccc1Cc1ccccc1C(=O)O.Cc1ccc(Cl)c(Cc2ccccc2C(=O)O)c1Cl.Cc1cccc(Cc2ccccc2C(=O)O)c1C.O=C(O)c1cccnc1Cc1cccc(C(F)(F)F)c1. The van der Waals surface area contributed by atoms with Crippen molar-refractivity contribution in [2.45, 2.75) is 59.6 Å². The van der Waals surface area contributed by atoms with Gasteiger partial charge in [-0.05, 0) is 150 Å². The molecule has 1 heterocycles. The van der Waals surface area contributed by atoms with Crippen LogP contribution >= 0.6 is 34.8 Å². The minimum atomic E-state index is -4.42. The highest BCUT2D eigenvalue weighted by molar-refractivity contribution is 6.36. The van der Waals surface area contributed by atoms with E-state index in [0.29, 0.717) is 56.6 Å². The van der Waals surface area contributed by atoms with Crippen molar-refractivity contribution in [3.63, 3.8) is 0 Å². The third kappa shape index (κ3) is 16.4. The summed E-state index contributed by atoms with van der Waals surface area (Å²) >= 11 is 18.5. The van der Waals surface area contributed by atoms with E-state index in [0.717, 1.165) is 45.5 Å². The molecular weight excluding hydrogens is 1030 g/mol. The number of pyridine rings is 1. The van der Waals surface area contributed by atoms with E-state index in [2.05, 4.69) is 31.0 Å². The van der Waals surface area contributed by atoms with Gasteiger partial charge in [0.05, 0.1) is 33.5 Å². The number of hydrogen-bond acceptors (Lipinski definition) is 5. The van der Waals surface area contributed by atoms with Gasteiger partial charge < -0.3 is 20.4 Å². The van der Waals surface area contributed by atoms with Gasteiger partial charge in [-0.2, -0.15) is 13.2 Å². The number of halogens is 6. The van der Waals surface area contributed by atoms with E-state index in [9.17, 15) is 37.5 Å². The Morgan fingerprint density at radius 2 is 0.907 bits per heavy atom. The maximum absolute atomic E-state index is 12.6. The van der Waals surface area contributed by atoms with Crippen molar-refractivity contribution in [2.24, 2.45) is 0 Å². The van der Waals surface area contributed by atoms with E-state index in [1.54, 1.807) is 54.6 Å². The van der Waals surface area contributed by atoms with Crippen LogP contribution in [0.3, 0.4) is 0 Å². The quantitative estimate of drug-likeness (QED) is 0.0933. The molecule has 9 nitrogen and oxygen atoms in total. The van der Waals surface area contributed by atoms with Crippen molar-refractivity contribution in [1.29, 1.82) is 0 Å². The van der Waals surface area contributed by atoms with Gasteiger partial charge in [0.25, 0.3) is 0 Å². The first-order valence-electron chi connectivity index (χ1n) is 23.1. The van der Waals surface area contributed by atoms with Crippen molar-refractivity contribution in [3.05, 3.63) is 274 Å². The van der Waals surface area contributed by atoms with Gasteiger partial charge >= 0.3 is 30.1 Å². The lowest BCUT2D eigenvalue weighted by atomic mass is 9.95. The number of rotatable bonds is 12. The van der Waals surface area contributed by atoms with Gasteiger partial charge in [-0.1, -0.05) is 144 Å². The standard InChI is InChI=1S/C16H16O2.C15H12Cl2O2.C15H13ClO2.C14H10F3NO2/c1-11-6-5-8-13(12(11)2)10-14-7-3-4-9-15(14)16(17)18;1-9-6-7-13(16)12(14(9)17)8-10-4-2-3-5-11(10)15(18)19;1-10-11(6-4-8-14(10)16)9-12-5-2-3-7-13(12)15(17)18;15-14(16,17)10-4-1-3-9(7-10)8-12-11(13(19)20)5-2-6-18-12/h3-9H,10H2,1-2H3,(H,17,18);2-7H,8H2,1H3,(H,18,19);2-8H,9H2,1H3,(H,17,18);1-7H,8H2,(H,19,20). The molecule has 0 atom stereocenters. The van der Waals surface area contributed by atoms with E-state index in [-0.39, 0.29) is 23.2 Å². The van der Waals surface area contributed by atoms with Crippen molar-refractivity contribution < 1.29 is 52.8 Å². The van der Waals surface area contributed by atoms with Crippen LogP contribution in [0.4, 0.5) is 13.2 Å². The molecule has 15 heteroatoms. The topological polar surface area (TPSA) is 162 Å². The zero-order valence-electron chi connectivity index (χ0n) is 41.1. The molecule has 75 heavy (non-hydrogen) atoms. The Bertz CT molecular complexity index is 3230. The number of nitrogens with zero attached hydrogens (tertiary/aromatic N) is 1. The van der Waals surface area contributed by atoms with E-state index >= 15 is 0 Å². The summed E-state index contributed by atoms with van der Waals surface area (Å²) in [7, 11) is 0. The Morgan fingerprint density at radius 1 is 0.453 bits per heavy atom. The molecule has 386 valence electrons. The number of aromatic nitrogens is 1. The van der Waals surface area contributed by atoms with Gasteiger partial charge in [0.2, 0.25) is 0 Å². The van der Waals surface area contributed by atoms with Crippen LogP contribution in [0.15, 0.2) is 164 Å². The molecule has 0 aliphatic carbocycles. The molecule has 0 radical (unpaired) electrons. The lowest BCUT2D eigenvalue weighted by Gasteiger charge is -2.11. The van der Waals surface area contributed by atoms with Crippen LogP contribution in [-0.4, -0.2) is 49.3 Å². The zero-order valence-corrected chi connectivity index (χ0v) is 43.3. The van der Waals surface area contributed by atoms with Crippen LogP contribution in [0.25, 0.3) is 0 Å². The van der Waals surface area contributed by atoms with Gasteiger partial charge in [0.1, 0.15) is 0 Å². The maximum Gasteiger partial charge on any atom is 0.416 e. The molecule has 7 aromatic carbocycles. The molecule has 4 N–H and O–H groups in total. The fourth-order valence-electron chi connectivity index (χ4n) is 7.80. The summed E-state index contributed by atoms with van der Waals surface area (Å²) in [6.45, 7) is 7.99. The second-order valence-corrected chi connectivity index (χ2v) is 18.3. The smallest absolute Gasteiger partial charge is 0.416 e. The average Bonchev–Trinajstić information content (AvgIpc) is 3.38. The van der Waals surface area contributed by atoms with Crippen LogP contribution in [0.2, 0.25) is 15.1 Å². The van der Waals surface area contributed by atoms with Gasteiger partial charge in [-0.25, -0.2) is 19.2 Å². The molecule has 0 saturated heterocycles. The number of benzene rings is 7. The number of carbonyl (C=O) groups is 4. The van der Waals surface area contributed by atoms with Crippen LogP contribution < -0.4 is 0 Å². The average molecular weight is 1080 g/mol. The zero-order chi connectivity index (χ0) is 55.0. The molecule has 8 rings (SSSR count). The Labute approximate surface area is 447 Å². The second kappa shape index (κ2) is 27.0. The molecule has 0 saturated carbocycles. The summed E-state index contributed by atoms with van der Waals surface area (Å²) < 4.78 is 37.8. The molecule has 0 aliphatic heterocycles. The Kier molecular flexibility index (Phi) is 20.9. The molecule has 0 bridgehead atoms. The molecule has 0 spiro atoms. The molecule has 0 unspecified atom stereocenters. The normalized spacial score (nSPS) is 10.6. The molecule has 0 fully saturated rings. The third-order valence-electron chi connectivity index (χ3n) is 12.1. The predicted octanol–water partition coefficient (Wildman–Crippen LogP) is 15.5. The van der Waals surface area contributed by atoms with Gasteiger partial charge in [-0.3, -0.25) is 4.98 Å². The summed E-state index contributed by atoms with van der Waals surface area (Å²) in [6, 6.07) is 44.2. The largest absolute Gasteiger partial charge is 0.478 e. The van der Waals surface area contributed by atoms with Crippen LogP contribution in [0, 0.1) is 27.7 Å². The highest BCUT2D eigenvalue weighted by Crippen LogP contribution is 2.32. The van der Waals surface area contributed by atoms with E-state index in [1.807, 2.05) is 68.4 Å². The van der Waals surface area contributed by atoms with Gasteiger partial charge in [-0.15, -0.1) is 0 Å². The number of hydrogen-bond donors (Lipinski definition) is 4. The third-order valence-corrected chi connectivity index (χ3v) is 13.4. The Morgan fingerprint density at radius 3 is 1.43 bits per heavy atom. The minimum Gasteiger partial charge on any atom is -0.478 e. The van der Waals surface area contributed by atoms with Crippen LogP contribution in [-0.2, 0) is 31.9 Å². The fourth-order valence-corrected chi connectivity index (χ4v) is 8.50. The van der Waals surface area contributed by atoms with E-state index < -0.39 is 35.6 Å². The summed E-state index contributed by atoms with van der Waals surface area (Å²) in [6.07, 6.45) is -1.33. The van der Waals surface area contributed by atoms with Crippen LogP contribution in [0.1, 0.15) is 114 Å². The number of alkyl halides is 3. The van der Waals surface area contributed by atoms with Crippen molar-refractivity contribution in [1.82, 2.24) is 4.98 Å². The van der Waals surface area contributed by atoms with E-state index in [1.165, 1.54) is 47.2 Å². The number of aryl methyl sites for hydroxylation is 2. The highest BCUT2D eigenvalue weighted by Gasteiger charge is 2.30. The molecule has 0 aliphatic rings. The first-order valence-corrected chi connectivity index (χ1v) is 24.2.